The number of nitrogens with zero attached hydrogens (tertiary/aromatic N) is 3. The predicted octanol–water partition coefficient (Wildman–Crippen LogP) is 6.12. The monoisotopic (exact) mass is 408 g/mol. The second kappa shape index (κ2) is 7.12. The van der Waals surface area contributed by atoms with Crippen molar-refractivity contribution in [2.75, 3.05) is 5.32 Å². The van der Waals surface area contributed by atoms with Crippen LogP contribution in [0.1, 0.15) is 36.4 Å². The van der Waals surface area contributed by atoms with Crippen molar-refractivity contribution >= 4 is 35.2 Å². The van der Waals surface area contributed by atoms with Crippen LogP contribution in [0.4, 0.5) is 5.95 Å². The van der Waals surface area contributed by atoms with Crippen LogP contribution in [0, 0.1) is 0 Å². The van der Waals surface area contributed by atoms with E-state index < -0.39 is 0 Å². The zero-order valence-corrected chi connectivity index (χ0v) is 16.6. The Hall–Kier alpha value is -2.56. The molecule has 0 amide bonds. The molecule has 1 N–H and O–H groups in total. The molecule has 0 radical (unpaired) electrons. The van der Waals surface area contributed by atoms with Crippen molar-refractivity contribution in [1.29, 1.82) is 0 Å². The Kier molecular flexibility index (Phi) is 4.46. The van der Waals surface area contributed by atoms with Gasteiger partial charge in [0.15, 0.2) is 0 Å². The van der Waals surface area contributed by atoms with E-state index in [-0.39, 0.29) is 6.04 Å². The lowest BCUT2D eigenvalue weighted by atomic mass is 9.83. The SMILES string of the molecule is Clc1ccccc1/C=C1/CCCC2=C1Nc1ncnn1C2c1ccccc1Cl. The van der Waals surface area contributed by atoms with Crippen molar-refractivity contribution in [3.8, 4) is 0 Å². The Balaban J connectivity index is 1.68. The van der Waals surface area contributed by atoms with E-state index in [9.17, 15) is 0 Å². The Morgan fingerprint density at radius 3 is 2.61 bits per heavy atom. The summed E-state index contributed by atoms with van der Waals surface area (Å²) in [6, 6.07) is 15.8. The van der Waals surface area contributed by atoms with Crippen LogP contribution >= 0.6 is 23.2 Å². The number of benzene rings is 2. The average molecular weight is 409 g/mol. The van der Waals surface area contributed by atoms with Gasteiger partial charge in [0.25, 0.3) is 0 Å². The molecule has 0 spiro atoms. The molecule has 2 aromatic carbocycles. The molecule has 0 bridgehead atoms. The summed E-state index contributed by atoms with van der Waals surface area (Å²) in [6.45, 7) is 0. The van der Waals surface area contributed by atoms with Crippen LogP contribution in [-0.4, -0.2) is 14.8 Å². The Morgan fingerprint density at radius 2 is 1.79 bits per heavy atom. The van der Waals surface area contributed by atoms with Crippen molar-refractivity contribution in [2.45, 2.75) is 25.3 Å². The van der Waals surface area contributed by atoms with Crippen LogP contribution in [0.2, 0.25) is 10.0 Å². The highest BCUT2D eigenvalue weighted by atomic mass is 35.5. The molecule has 3 aromatic rings. The quantitative estimate of drug-likeness (QED) is 0.554. The average Bonchev–Trinajstić information content (AvgIpc) is 3.17. The molecule has 6 heteroatoms. The summed E-state index contributed by atoms with van der Waals surface area (Å²) in [7, 11) is 0. The maximum Gasteiger partial charge on any atom is 0.226 e. The molecule has 1 aliphatic carbocycles. The van der Waals surface area contributed by atoms with E-state index in [2.05, 4.69) is 27.5 Å². The standard InChI is InChI=1S/C22H18Cl2N4/c23-18-10-3-1-6-14(18)12-15-7-5-9-17-20(15)27-22-25-13-26-28(22)21(17)16-8-2-4-11-19(16)24/h1-4,6,8,10-13,21H,5,7,9H2,(H,25,26,27)/b15-12-. The molecule has 0 saturated carbocycles. The topological polar surface area (TPSA) is 42.7 Å². The van der Waals surface area contributed by atoms with E-state index >= 15 is 0 Å². The van der Waals surface area contributed by atoms with Crippen LogP contribution in [0.5, 0.6) is 0 Å². The van der Waals surface area contributed by atoms with Crippen molar-refractivity contribution in [2.24, 2.45) is 0 Å². The van der Waals surface area contributed by atoms with E-state index in [1.165, 1.54) is 11.1 Å². The number of hydrogen-bond acceptors (Lipinski definition) is 3. The van der Waals surface area contributed by atoms with Gasteiger partial charge in [0.1, 0.15) is 12.4 Å². The first-order valence-corrected chi connectivity index (χ1v) is 10.1. The molecule has 1 unspecified atom stereocenters. The maximum absolute atomic E-state index is 6.57. The maximum atomic E-state index is 6.57. The summed E-state index contributed by atoms with van der Waals surface area (Å²) < 4.78 is 1.93. The minimum absolute atomic E-state index is 0.0580. The Bertz CT molecular complexity index is 1110. The molecule has 0 fully saturated rings. The van der Waals surface area contributed by atoms with E-state index in [4.69, 9.17) is 23.2 Å². The third kappa shape index (κ3) is 2.93. The first-order chi connectivity index (χ1) is 13.7. The fourth-order valence-electron chi connectivity index (χ4n) is 4.09. The number of rotatable bonds is 2. The highest BCUT2D eigenvalue weighted by Crippen LogP contribution is 2.45. The van der Waals surface area contributed by atoms with Gasteiger partial charge in [-0.1, -0.05) is 59.6 Å². The summed E-state index contributed by atoms with van der Waals surface area (Å²) in [5.74, 6) is 0.732. The number of halogens is 2. The van der Waals surface area contributed by atoms with Crippen LogP contribution in [0.15, 0.2) is 71.7 Å². The highest BCUT2D eigenvalue weighted by molar-refractivity contribution is 6.32. The molecule has 0 saturated heterocycles. The molecular formula is C22H18Cl2N4. The fourth-order valence-corrected chi connectivity index (χ4v) is 4.52. The number of hydrogen-bond donors (Lipinski definition) is 1. The van der Waals surface area contributed by atoms with Gasteiger partial charge < -0.3 is 5.32 Å². The second-order valence-electron chi connectivity index (χ2n) is 7.02. The van der Waals surface area contributed by atoms with E-state index in [1.54, 1.807) is 6.33 Å². The van der Waals surface area contributed by atoms with E-state index in [0.717, 1.165) is 52.1 Å². The smallest absolute Gasteiger partial charge is 0.226 e. The Labute approximate surface area is 173 Å². The zero-order valence-electron chi connectivity index (χ0n) is 15.1. The fraction of sp³-hybridized carbons (Fsp3) is 0.182. The molecule has 2 heterocycles. The molecule has 5 rings (SSSR count). The zero-order chi connectivity index (χ0) is 19.1. The number of aromatic nitrogens is 3. The molecule has 28 heavy (non-hydrogen) atoms. The van der Waals surface area contributed by atoms with E-state index in [1.807, 2.05) is 47.1 Å². The molecule has 2 aliphatic rings. The lowest BCUT2D eigenvalue weighted by Gasteiger charge is -2.34. The van der Waals surface area contributed by atoms with Crippen LogP contribution in [0.25, 0.3) is 6.08 Å². The molecule has 1 aromatic heterocycles. The van der Waals surface area contributed by atoms with Crippen molar-refractivity contribution in [3.63, 3.8) is 0 Å². The van der Waals surface area contributed by atoms with Gasteiger partial charge in [-0.05, 0) is 59.7 Å². The number of fused-ring (bicyclic) bond motifs is 1. The van der Waals surface area contributed by atoms with Gasteiger partial charge in [-0.2, -0.15) is 10.1 Å². The van der Waals surface area contributed by atoms with Gasteiger partial charge in [-0.25, -0.2) is 4.68 Å². The lowest BCUT2D eigenvalue weighted by Crippen LogP contribution is -2.28. The largest absolute Gasteiger partial charge is 0.324 e. The summed E-state index contributed by atoms with van der Waals surface area (Å²) in [5, 5.41) is 9.48. The first-order valence-electron chi connectivity index (χ1n) is 9.32. The van der Waals surface area contributed by atoms with Gasteiger partial charge in [-0.15, -0.1) is 0 Å². The minimum Gasteiger partial charge on any atom is -0.324 e. The summed E-state index contributed by atoms with van der Waals surface area (Å²) >= 11 is 13.0. The van der Waals surface area contributed by atoms with Crippen LogP contribution in [0.3, 0.4) is 0 Å². The lowest BCUT2D eigenvalue weighted by molar-refractivity contribution is 0.538. The molecule has 1 aliphatic heterocycles. The van der Waals surface area contributed by atoms with Gasteiger partial charge in [-0.3, -0.25) is 0 Å². The minimum atomic E-state index is -0.0580. The van der Waals surface area contributed by atoms with Crippen molar-refractivity contribution in [1.82, 2.24) is 14.8 Å². The molecule has 4 nitrogen and oxygen atoms in total. The molecular weight excluding hydrogens is 391 g/mol. The van der Waals surface area contributed by atoms with Crippen LogP contribution in [-0.2, 0) is 0 Å². The summed E-state index contributed by atoms with van der Waals surface area (Å²) in [6.07, 6.45) is 6.81. The normalized spacial score (nSPS) is 19.9. The summed E-state index contributed by atoms with van der Waals surface area (Å²) in [4.78, 5) is 4.42. The number of allylic oxidation sites excluding steroid dienone is 2. The number of nitrogens with one attached hydrogen (secondary N) is 1. The highest BCUT2D eigenvalue weighted by Gasteiger charge is 2.34. The van der Waals surface area contributed by atoms with Gasteiger partial charge >= 0.3 is 0 Å². The van der Waals surface area contributed by atoms with Crippen LogP contribution < -0.4 is 5.32 Å². The van der Waals surface area contributed by atoms with Crippen molar-refractivity contribution < 1.29 is 0 Å². The molecule has 1 atom stereocenters. The third-order valence-corrected chi connectivity index (χ3v) is 6.04. The van der Waals surface area contributed by atoms with Gasteiger partial charge in [0.05, 0.1) is 0 Å². The van der Waals surface area contributed by atoms with Crippen molar-refractivity contribution in [3.05, 3.63) is 92.9 Å². The van der Waals surface area contributed by atoms with Gasteiger partial charge in [0.2, 0.25) is 5.95 Å². The second-order valence-corrected chi connectivity index (χ2v) is 7.84. The summed E-state index contributed by atoms with van der Waals surface area (Å²) in [5.41, 5.74) is 5.72. The predicted molar refractivity (Wildman–Crippen MR) is 114 cm³/mol. The molecule has 140 valence electrons. The first kappa shape index (κ1) is 17.5. The van der Waals surface area contributed by atoms with Gasteiger partial charge in [0, 0.05) is 15.7 Å². The third-order valence-electron chi connectivity index (χ3n) is 5.35. The number of anilines is 1. The van der Waals surface area contributed by atoms with E-state index in [0.29, 0.717) is 0 Å². The Morgan fingerprint density at radius 1 is 1.00 bits per heavy atom.